The number of carbonyl (C=O) groups excluding carboxylic acids is 1. The van der Waals surface area contributed by atoms with Crippen molar-refractivity contribution in [2.45, 2.75) is 13.1 Å². The third-order valence-corrected chi connectivity index (χ3v) is 6.54. The molecule has 0 aliphatic carbocycles. The lowest BCUT2D eigenvalue weighted by molar-refractivity contribution is -0.137. The summed E-state index contributed by atoms with van der Waals surface area (Å²) in [5.41, 5.74) is 2.24. The first kappa shape index (κ1) is 27.1. The first-order valence-electron chi connectivity index (χ1n) is 12.4. The van der Waals surface area contributed by atoms with Crippen molar-refractivity contribution < 1.29 is 22.4 Å². The van der Waals surface area contributed by atoms with E-state index in [4.69, 9.17) is 0 Å². The van der Waals surface area contributed by atoms with Gasteiger partial charge in [-0.3, -0.25) is 24.6 Å². The number of pyridine rings is 3. The maximum atomic E-state index is 13.0. The van der Waals surface area contributed by atoms with Gasteiger partial charge in [-0.25, -0.2) is 9.07 Å². The number of nitrogens with one attached hydrogen (secondary N) is 1. The van der Waals surface area contributed by atoms with Crippen LogP contribution in [0.2, 0.25) is 0 Å². The van der Waals surface area contributed by atoms with E-state index in [2.05, 4.69) is 40.4 Å². The van der Waals surface area contributed by atoms with Gasteiger partial charge in [-0.1, -0.05) is 5.21 Å². The van der Waals surface area contributed by atoms with Crippen LogP contribution >= 0.6 is 0 Å². The van der Waals surface area contributed by atoms with E-state index in [1.807, 2.05) is 6.07 Å². The van der Waals surface area contributed by atoms with Crippen molar-refractivity contribution in [1.82, 2.24) is 34.8 Å². The zero-order chi connectivity index (χ0) is 28.3. The normalized spacial score (nSPS) is 14.4. The quantitative estimate of drug-likeness (QED) is 0.344. The van der Waals surface area contributed by atoms with Crippen LogP contribution in [0.1, 0.15) is 21.7 Å². The molecule has 1 aliphatic rings. The summed E-state index contributed by atoms with van der Waals surface area (Å²) in [5, 5.41) is 11.0. The highest BCUT2D eigenvalue weighted by atomic mass is 19.4. The van der Waals surface area contributed by atoms with Crippen molar-refractivity contribution in [2.75, 3.05) is 49.6 Å². The standard InChI is InChI=1S/C26H25F4N9O/c1-17-24(12-20(14-33-17)34-25(40)22-11-19(2-4-32-22)26(28,29)30)39-16-23(35-36-39)18-10-21(15-31-13-18)38-8-6-37(5-3-27)7-9-38/h2,4,10-16H,3,5-9H2,1H3,(H,34,40). The van der Waals surface area contributed by atoms with Crippen LogP contribution in [0.15, 0.2) is 55.2 Å². The highest BCUT2D eigenvalue weighted by Crippen LogP contribution is 2.29. The van der Waals surface area contributed by atoms with Crippen LogP contribution in [-0.4, -0.2) is 80.2 Å². The number of amides is 1. The minimum absolute atomic E-state index is 0.248. The Balaban J connectivity index is 1.32. The van der Waals surface area contributed by atoms with Gasteiger partial charge >= 0.3 is 6.18 Å². The van der Waals surface area contributed by atoms with E-state index < -0.39 is 17.6 Å². The van der Waals surface area contributed by atoms with Gasteiger partial charge in [0.15, 0.2) is 0 Å². The van der Waals surface area contributed by atoms with Gasteiger partial charge in [-0.15, -0.1) is 5.10 Å². The Bertz CT molecular complexity index is 1500. The lowest BCUT2D eigenvalue weighted by Crippen LogP contribution is -2.47. The van der Waals surface area contributed by atoms with Crippen LogP contribution in [0.4, 0.5) is 28.9 Å². The highest BCUT2D eigenvalue weighted by molar-refractivity contribution is 6.03. The first-order chi connectivity index (χ1) is 19.2. The molecule has 0 spiro atoms. The molecule has 0 unspecified atom stereocenters. The van der Waals surface area contributed by atoms with E-state index in [0.29, 0.717) is 29.7 Å². The number of carbonyl (C=O) groups is 1. The van der Waals surface area contributed by atoms with Crippen molar-refractivity contribution in [2.24, 2.45) is 0 Å². The number of aromatic nitrogens is 6. The minimum Gasteiger partial charge on any atom is -0.368 e. The molecule has 4 aromatic rings. The van der Waals surface area contributed by atoms with Gasteiger partial charge in [0.25, 0.3) is 5.91 Å². The topological polar surface area (TPSA) is 105 Å². The van der Waals surface area contributed by atoms with Crippen molar-refractivity contribution in [3.05, 3.63) is 72.2 Å². The third-order valence-electron chi connectivity index (χ3n) is 6.54. The highest BCUT2D eigenvalue weighted by Gasteiger charge is 2.31. The maximum absolute atomic E-state index is 13.0. The fourth-order valence-corrected chi connectivity index (χ4v) is 4.35. The molecule has 14 heteroatoms. The van der Waals surface area contributed by atoms with Gasteiger partial charge in [-0.05, 0) is 31.2 Å². The Kier molecular flexibility index (Phi) is 7.69. The van der Waals surface area contributed by atoms with Crippen LogP contribution in [-0.2, 0) is 6.18 Å². The van der Waals surface area contributed by atoms with Crippen molar-refractivity contribution >= 4 is 17.3 Å². The van der Waals surface area contributed by atoms with E-state index in [1.165, 1.54) is 10.9 Å². The number of piperazine rings is 1. The van der Waals surface area contributed by atoms with Gasteiger partial charge in [-0.2, -0.15) is 13.2 Å². The molecule has 208 valence electrons. The number of nitrogens with zero attached hydrogens (tertiary/aromatic N) is 8. The molecule has 0 saturated carbocycles. The predicted octanol–water partition coefficient (Wildman–Crippen LogP) is 3.79. The van der Waals surface area contributed by atoms with Gasteiger partial charge in [0.2, 0.25) is 0 Å². The molecule has 0 radical (unpaired) electrons. The van der Waals surface area contributed by atoms with E-state index in [9.17, 15) is 22.4 Å². The summed E-state index contributed by atoms with van der Waals surface area (Å²) < 4.78 is 53.2. The molecule has 1 amide bonds. The Hall–Kier alpha value is -4.46. The SMILES string of the molecule is Cc1ncc(NC(=O)c2cc(C(F)(F)F)ccn2)cc1-n1cc(-c2cncc(N3CCN(CCF)CC3)c2)nn1. The molecular formula is C26H25F4N9O. The molecule has 40 heavy (non-hydrogen) atoms. The number of rotatable bonds is 7. The monoisotopic (exact) mass is 555 g/mol. The second-order valence-corrected chi connectivity index (χ2v) is 9.21. The summed E-state index contributed by atoms with van der Waals surface area (Å²) in [7, 11) is 0. The zero-order valence-corrected chi connectivity index (χ0v) is 21.4. The summed E-state index contributed by atoms with van der Waals surface area (Å²) in [4.78, 5) is 29.3. The zero-order valence-electron chi connectivity index (χ0n) is 21.4. The smallest absolute Gasteiger partial charge is 0.368 e. The summed E-state index contributed by atoms with van der Waals surface area (Å²) in [5.74, 6) is -0.810. The molecule has 0 aromatic carbocycles. The molecule has 10 nitrogen and oxygen atoms in total. The number of halogens is 4. The molecular weight excluding hydrogens is 530 g/mol. The molecule has 1 N–H and O–H groups in total. The Morgan fingerprint density at radius 1 is 1.05 bits per heavy atom. The molecule has 4 aromatic heterocycles. The van der Waals surface area contributed by atoms with E-state index >= 15 is 0 Å². The summed E-state index contributed by atoms with van der Waals surface area (Å²) >= 11 is 0. The van der Waals surface area contributed by atoms with E-state index in [0.717, 1.165) is 49.7 Å². The number of anilines is 2. The van der Waals surface area contributed by atoms with Crippen molar-refractivity contribution in [3.63, 3.8) is 0 Å². The Morgan fingerprint density at radius 3 is 2.60 bits per heavy atom. The van der Waals surface area contributed by atoms with Crippen LogP contribution in [0, 0.1) is 6.92 Å². The second kappa shape index (κ2) is 11.3. The van der Waals surface area contributed by atoms with Crippen LogP contribution in [0.25, 0.3) is 16.9 Å². The summed E-state index contributed by atoms with van der Waals surface area (Å²) in [6.07, 6.45) is 2.89. The van der Waals surface area contributed by atoms with E-state index in [1.54, 1.807) is 31.6 Å². The fourth-order valence-electron chi connectivity index (χ4n) is 4.35. The van der Waals surface area contributed by atoms with Gasteiger partial charge in [0.1, 0.15) is 18.1 Å². The van der Waals surface area contributed by atoms with Crippen LogP contribution < -0.4 is 10.2 Å². The average Bonchev–Trinajstić information content (AvgIpc) is 3.45. The van der Waals surface area contributed by atoms with E-state index in [-0.39, 0.29) is 18.1 Å². The summed E-state index contributed by atoms with van der Waals surface area (Å²) in [6.45, 7) is 4.90. The maximum Gasteiger partial charge on any atom is 0.416 e. The lowest BCUT2D eigenvalue weighted by atomic mass is 10.2. The van der Waals surface area contributed by atoms with Crippen LogP contribution in [0.3, 0.4) is 0 Å². The molecule has 5 heterocycles. The second-order valence-electron chi connectivity index (χ2n) is 9.21. The number of alkyl halides is 4. The van der Waals surface area contributed by atoms with Crippen LogP contribution in [0.5, 0.6) is 0 Å². The molecule has 1 aliphatic heterocycles. The largest absolute Gasteiger partial charge is 0.416 e. The molecule has 1 saturated heterocycles. The number of hydrogen-bond donors (Lipinski definition) is 1. The van der Waals surface area contributed by atoms with Gasteiger partial charge < -0.3 is 10.2 Å². The predicted molar refractivity (Wildman–Crippen MR) is 139 cm³/mol. The third kappa shape index (κ3) is 6.06. The molecule has 0 atom stereocenters. The molecule has 0 bridgehead atoms. The van der Waals surface area contributed by atoms with Gasteiger partial charge in [0.05, 0.1) is 46.9 Å². The van der Waals surface area contributed by atoms with Crippen molar-refractivity contribution in [1.29, 1.82) is 0 Å². The Morgan fingerprint density at radius 2 is 1.85 bits per heavy atom. The number of aryl methyl sites for hydroxylation is 1. The summed E-state index contributed by atoms with van der Waals surface area (Å²) in [6, 6.07) is 5.05. The minimum atomic E-state index is -4.60. The van der Waals surface area contributed by atoms with Gasteiger partial charge in [0, 0.05) is 50.7 Å². The first-order valence-corrected chi connectivity index (χ1v) is 12.4. The van der Waals surface area contributed by atoms with Crippen molar-refractivity contribution in [3.8, 4) is 16.9 Å². The number of hydrogen-bond acceptors (Lipinski definition) is 8. The molecule has 1 fully saturated rings. The molecule has 5 rings (SSSR count). The Labute approximate surface area is 226 Å². The fraction of sp³-hybridized carbons (Fsp3) is 0.308. The lowest BCUT2D eigenvalue weighted by Gasteiger charge is -2.35. The average molecular weight is 556 g/mol.